The molecule has 1 atom stereocenters. The Morgan fingerprint density at radius 2 is 2.20 bits per heavy atom. The van der Waals surface area contributed by atoms with Crippen LogP contribution >= 0.6 is 24.0 Å². The molecule has 0 bridgehead atoms. The van der Waals surface area contributed by atoms with Gasteiger partial charge in [0.2, 0.25) is 0 Å². The Morgan fingerprint density at radius 1 is 1.36 bits per heavy atom. The quantitative estimate of drug-likeness (QED) is 0.269. The normalized spacial score (nSPS) is 17.1. The summed E-state index contributed by atoms with van der Waals surface area (Å²) in [6.45, 7) is 5.59. The molecular formula is C18H30IN3O3. The fourth-order valence-electron chi connectivity index (χ4n) is 2.63. The van der Waals surface area contributed by atoms with Gasteiger partial charge < -0.3 is 24.8 Å². The Morgan fingerprint density at radius 3 is 2.88 bits per heavy atom. The molecule has 142 valence electrons. The van der Waals surface area contributed by atoms with Gasteiger partial charge in [0, 0.05) is 32.3 Å². The number of nitrogens with one attached hydrogen (secondary N) is 2. The zero-order valence-electron chi connectivity index (χ0n) is 15.3. The number of halogens is 1. The number of benzene rings is 1. The van der Waals surface area contributed by atoms with Crippen molar-refractivity contribution >= 4 is 29.9 Å². The van der Waals surface area contributed by atoms with E-state index in [0.717, 1.165) is 36.7 Å². The van der Waals surface area contributed by atoms with Crippen LogP contribution in [0.1, 0.15) is 24.0 Å². The molecule has 0 aromatic heterocycles. The van der Waals surface area contributed by atoms with Gasteiger partial charge in [-0.1, -0.05) is 12.1 Å². The van der Waals surface area contributed by atoms with Crippen LogP contribution in [0.2, 0.25) is 0 Å². The number of ether oxygens (including phenoxy) is 3. The molecule has 7 heteroatoms. The van der Waals surface area contributed by atoms with Crippen molar-refractivity contribution in [3.63, 3.8) is 0 Å². The standard InChI is InChI=1S/C18H29N3O3.HI/c1-14-6-7-15(17(11-14)22-3)12-21-18(19-2)20-8-10-23-13-16-5-4-9-24-16;/h6-7,11,16H,4-5,8-10,12-13H2,1-3H3,(H2,19,20,21);1H. The van der Waals surface area contributed by atoms with Gasteiger partial charge in [-0.05, 0) is 31.4 Å². The third-order valence-electron chi connectivity index (χ3n) is 3.98. The maximum absolute atomic E-state index is 5.63. The van der Waals surface area contributed by atoms with Gasteiger partial charge in [-0.3, -0.25) is 4.99 Å². The highest BCUT2D eigenvalue weighted by Gasteiger charge is 2.14. The summed E-state index contributed by atoms with van der Waals surface area (Å²) in [7, 11) is 3.45. The van der Waals surface area contributed by atoms with Crippen molar-refractivity contribution in [3.8, 4) is 5.75 Å². The van der Waals surface area contributed by atoms with E-state index in [9.17, 15) is 0 Å². The minimum atomic E-state index is 0. The lowest BCUT2D eigenvalue weighted by atomic mass is 10.1. The molecule has 0 spiro atoms. The fourth-order valence-corrected chi connectivity index (χ4v) is 2.63. The average Bonchev–Trinajstić information content (AvgIpc) is 3.11. The first-order chi connectivity index (χ1) is 11.7. The minimum absolute atomic E-state index is 0. The number of nitrogens with zero attached hydrogens (tertiary/aromatic N) is 1. The lowest BCUT2D eigenvalue weighted by Gasteiger charge is -2.15. The molecule has 1 aromatic rings. The number of hydrogen-bond donors (Lipinski definition) is 2. The molecule has 1 aromatic carbocycles. The van der Waals surface area contributed by atoms with Gasteiger partial charge in [0.05, 0.1) is 26.4 Å². The molecule has 2 rings (SSSR count). The van der Waals surface area contributed by atoms with Crippen LogP contribution in [-0.4, -0.2) is 52.6 Å². The van der Waals surface area contributed by atoms with E-state index < -0.39 is 0 Å². The number of rotatable bonds is 8. The van der Waals surface area contributed by atoms with Gasteiger partial charge in [0.1, 0.15) is 5.75 Å². The van der Waals surface area contributed by atoms with Crippen molar-refractivity contribution in [2.45, 2.75) is 32.4 Å². The van der Waals surface area contributed by atoms with Crippen LogP contribution < -0.4 is 15.4 Å². The Labute approximate surface area is 167 Å². The van der Waals surface area contributed by atoms with Gasteiger partial charge in [-0.25, -0.2) is 0 Å². The average molecular weight is 463 g/mol. The Hall–Kier alpha value is -1.06. The molecule has 2 N–H and O–H groups in total. The lowest BCUT2D eigenvalue weighted by molar-refractivity contribution is 0.0191. The molecule has 0 aliphatic carbocycles. The highest BCUT2D eigenvalue weighted by atomic mass is 127. The summed E-state index contributed by atoms with van der Waals surface area (Å²) in [5.41, 5.74) is 2.28. The van der Waals surface area contributed by atoms with Crippen LogP contribution in [-0.2, 0) is 16.0 Å². The summed E-state index contributed by atoms with van der Waals surface area (Å²) in [6.07, 6.45) is 2.52. The summed E-state index contributed by atoms with van der Waals surface area (Å²) < 4.78 is 16.6. The van der Waals surface area contributed by atoms with E-state index in [2.05, 4.69) is 34.7 Å². The summed E-state index contributed by atoms with van der Waals surface area (Å²) in [6, 6.07) is 6.18. The topological polar surface area (TPSA) is 64.1 Å². The fraction of sp³-hybridized carbons (Fsp3) is 0.611. The number of guanidine groups is 1. The Bertz CT molecular complexity index is 534. The predicted molar refractivity (Wildman–Crippen MR) is 111 cm³/mol. The van der Waals surface area contributed by atoms with E-state index in [0.29, 0.717) is 26.3 Å². The third-order valence-corrected chi connectivity index (χ3v) is 3.98. The molecule has 1 saturated heterocycles. The molecule has 1 unspecified atom stereocenters. The minimum Gasteiger partial charge on any atom is -0.496 e. The van der Waals surface area contributed by atoms with E-state index in [1.54, 1.807) is 14.2 Å². The molecule has 1 aliphatic rings. The van der Waals surface area contributed by atoms with Gasteiger partial charge in [0.25, 0.3) is 0 Å². The van der Waals surface area contributed by atoms with E-state index >= 15 is 0 Å². The largest absolute Gasteiger partial charge is 0.496 e. The van der Waals surface area contributed by atoms with Crippen LogP contribution in [0.3, 0.4) is 0 Å². The number of methoxy groups -OCH3 is 1. The predicted octanol–water partition coefficient (Wildman–Crippen LogP) is 2.48. The van der Waals surface area contributed by atoms with Crippen molar-refractivity contribution in [3.05, 3.63) is 29.3 Å². The van der Waals surface area contributed by atoms with Crippen LogP contribution in [0.15, 0.2) is 23.2 Å². The van der Waals surface area contributed by atoms with Crippen LogP contribution in [0.5, 0.6) is 5.75 Å². The molecular weight excluding hydrogens is 433 g/mol. The Kier molecular flexibility index (Phi) is 10.8. The zero-order chi connectivity index (χ0) is 17.2. The maximum atomic E-state index is 5.63. The van der Waals surface area contributed by atoms with E-state index in [-0.39, 0.29) is 30.1 Å². The summed E-state index contributed by atoms with van der Waals surface area (Å²) in [4.78, 5) is 4.22. The SMILES string of the molecule is CN=C(NCCOCC1CCCO1)NCc1ccc(C)cc1OC.I. The second-order valence-corrected chi connectivity index (χ2v) is 5.88. The molecule has 25 heavy (non-hydrogen) atoms. The summed E-state index contributed by atoms with van der Waals surface area (Å²) >= 11 is 0. The molecule has 0 radical (unpaired) electrons. The van der Waals surface area contributed by atoms with E-state index in [1.807, 2.05) is 6.07 Å². The van der Waals surface area contributed by atoms with Crippen molar-refractivity contribution in [1.82, 2.24) is 10.6 Å². The number of aryl methyl sites for hydroxylation is 1. The second kappa shape index (κ2) is 12.3. The van der Waals surface area contributed by atoms with E-state index in [4.69, 9.17) is 14.2 Å². The van der Waals surface area contributed by atoms with Gasteiger partial charge in [0.15, 0.2) is 5.96 Å². The summed E-state index contributed by atoms with van der Waals surface area (Å²) in [5, 5.41) is 6.54. The first kappa shape index (κ1) is 22.0. The second-order valence-electron chi connectivity index (χ2n) is 5.88. The molecule has 0 saturated carbocycles. The monoisotopic (exact) mass is 463 g/mol. The highest BCUT2D eigenvalue weighted by molar-refractivity contribution is 14.0. The van der Waals surface area contributed by atoms with Crippen LogP contribution in [0, 0.1) is 6.92 Å². The Balaban J connectivity index is 0.00000312. The molecule has 1 fully saturated rings. The van der Waals surface area contributed by atoms with Gasteiger partial charge >= 0.3 is 0 Å². The van der Waals surface area contributed by atoms with Crippen LogP contribution in [0.4, 0.5) is 0 Å². The molecule has 1 heterocycles. The van der Waals surface area contributed by atoms with Crippen molar-refractivity contribution in [1.29, 1.82) is 0 Å². The maximum Gasteiger partial charge on any atom is 0.191 e. The third kappa shape index (κ3) is 7.79. The first-order valence-corrected chi connectivity index (χ1v) is 8.50. The van der Waals surface area contributed by atoms with Crippen molar-refractivity contribution < 1.29 is 14.2 Å². The van der Waals surface area contributed by atoms with E-state index in [1.165, 1.54) is 5.56 Å². The van der Waals surface area contributed by atoms with Crippen LogP contribution in [0.25, 0.3) is 0 Å². The summed E-state index contributed by atoms with van der Waals surface area (Å²) in [5.74, 6) is 1.64. The van der Waals surface area contributed by atoms with Crippen molar-refractivity contribution in [2.75, 3.05) is 40.5 Å². The smallest absolute Gasteiger partial charge is 0.191 e. The lowest BCUT2D eigenvalue weighted by Crippen LogP contribution is -2.38. The van der Waals surface area contributed by atoms with Gasteiger partial charge in [-0.2, -0.15) is 0 Å². The molecule has 0 amide bonds. The zero-order valence-corrected chi connectivity index (χ0v) is 17.7. The number of hydrogen-bond acceptors (Lipinski definition) is 4. The molecule has 1 aliphatic heterocycles. The number of aliphatic imine (C=N–C) groups is 1. The first-order valence-electron chi connectivity index (χ1n) is 8.50. The van der Waals surface area contributed by atoms with Crippen molar-refractivity contribution in [2.24, 2.45) is 4.99 Å². The van der Waals surface area contributed by atoms with Gasteiger partial charge in [-0.15, -0.1) is 24.0 Å². The molecule has 6 nitrogen and oxygen atoms in total. The highest BCUT2D eigenvalue weighted by Crippen LogP contribution is 2.19.